The molecule has 2 aliphatic heterocycles. The maximum Gasteiger partial charge on any atom is 0.245 e. The molecular formula is C21H28N2O4. The number of rotatable bonds is 4. The Labute approximate surface area is 160 Å². The van der Waals surface area contributed by atoms with Crippen molar-refractivity contribution in [1.29, 1.82) is 0 Å². The van der Waals surface area contributed by atoms with Gasteiger partial charge < -0.3 is 19.3 Å². The largest absolute Gasteiger partial charge is 0.488 e. The summed E-state index contributed by atoms with van der Waals surface area (Å²) in [6, 6.07) is 9.23. The van der Waals surface area contributed by atoms with Crippen LogP contribution in [-0.4, -0.2) is 66.6 Å². The van der Waals surface area contributed by atoms with Crippen molar-refractivity contribution >= 4 is 11.8 Å². The molecule has 1 saturated carbocycles. The molecule has 2 saturated heterocycles. The molecule has 1 aromatic rings. The normalized spacial score (nSPS) is 26.4. The highest BCUT2D eigenvalue weighted by Gasteiger charge is 2.44. The molecule has 6 nitrogen and oxygen atoms in total. The first-order valence-electron chi connectivity index (χ1n) is 10.1. The molecule has 2 heterocycles. The molecule has 0 bridgehead atoms. The predicted octanol–water partition coefficient (Wildman–Crippen LogP) is 2.08. The Morgan fingerprint density at radius 3 is 2.41 bits per heavy atom. The quantitative estimate of drug-likeness (QED) is 0.812. The minimum Gasteiger partial charge on any atom is -0.488 e. The van der Waals surface area contributed by atoms with Crippen molar-refractivity contribution in [2.75, 3.05) is 32.8 Å². The predicted molar refractivity (Wildman–Crippen MR) is 100 cm³/mol. The lowest BCUT2D eigenvalue weighted by Crippen LogP contribution is -2.51. The first kappa shape index (κ1) is 18.3. The molecule has 1 aliphatic carbocycles. The molecular weight excluding hydrogens is 344 g/mol. The highest BCUT2D eigenvalue weighted by molar-refractivity contribution is 5.89. The lowest BCUT2D eigenvalue weighted by molar-refractivity contribution is -0.148. The van der Waals surface area contributed by atoms with E-state index in [1.165, 1.54) is 0 Å². The van der Waals surface area contributed by atoms with Gasteiger partial charge in [-0.1, -0.05) is 31.0 Å². The molecule has 0 spiro atoms. The Morgan fingerprint density at radius 1 is 1.00 bits per heavy atom. The van der Waals surface area contributed by atoms with E-state index in [1.807, 2.05) is 35.2 Å². The van der Waals surface area contributed by atoms with E-state index in [0.29, 0.717) is 39.3 Å². The maximum atomic E-state index is 13.1. The standard InChI is InChI=1S/C21H28N2O4/c24-20(16-6-4-5-7-16)23-15-18(27-17-8-2-1-3-9-17)14-19(23)21(25)22-10-12-26-13-11-22/h1-3,8-9,16,18-19H,4-7,10-15H2/t18-,19+/m0/s1. The van der Waals surface area contributed by atoms with Gasteiger partial charge in [-0.3, -0.25) is 9.59 Å². The number of carbonyl (C=O) groups is 2. The number of hydrogen-bond acceptors (Lipinski definition) is 4. The molecule has 2 atom stereocenters. The Morgan fingerprint density at radius 2 is 1.70 bits per heavy atom. The van der Waals surface area contributed by atoms with Crippen LogP contribution in [0.2, 0.25) is 0 Å². The van der Waals surface area contributed by atoms with Crippen LogP contribution in [0, 0.1) is 5.92 Å². The first-order chi connectivity index (χ1) is 13.2. The summed E-state index contributed by atoms with van der Waals surface area (Å²) in [5.41, 5.74) is 0. The summed E-state index contributed by atoms with van der Waals surface area (Å²) >= 11 is 0. The summed E-state index contributed by atoms with van der Waals surface area (Å²) < 4.78 is 11.5. The molecule has 1 aromatic carbocycles. The summed E-state index contributed by atoms with van der Waals surface area (Å²) in [4.78, 5) is 29.9. The van der Waals surface area contributed by atoms with Crippen LogP contribution in [0.15, 0.2) is 30.3 Å². The van der Waals surface area contributed by atoms with Crippen molar-refractivity contribution in [3.05, 3.63) is 30.3 Å². The fourth-order valence-electron chi connectivity index (χ4n) is 4.45. The van der Waals surface area contributed by atoms with Gasteiger partial charge >= 0.3 is 0 Å². The van der Waals surface area contributed by atoms with Crippen molar-refractivity contribution in [3.8, 4) is 5.75 Å². The Hall–Kier alpha value is -2.08. The molecule has 0 N–H and O–H groups in total. The average Bonchev–Trinajstić information content (AvgIpc) is 3.39. The van der Waals surface area contributed by atoms with Crippen LogP contribution < -0.4 is 4.74 Å². The zero-order chi connectivity index (χ0) is 18.6. The maximum absolute atomic E-state index is 13.1. The number of nitrogens with zero attached hydrogens (tertiary/aromatic N) is 2. The minimum absolute atomic E-state index is 0.0452. The van der Waals surface area contributed by atoms with Crippen LogP contribution in [0.25, 0.3) is 0 Å². The lowest BCUT2D eigenvalue weighted by atomic mass is 10.1. The van der Waals surface area contributed by atoms with E-state index in [1.54, 1.807) is 4.90 Å². The van der Waals surface area contributed by atoms with E-state index >= 15 is 0 Å². The second-order valence-electron chi connectivity index (χ2n) is 7.71. The Kier molecular flexibility index (Phi) is 5.62. The average molecular weight is 372 g/mol. The molecule has 3 aliphatic rings. The number of benzene rings is 1. The molecule has 3 fully saturated rings. The van der Waals surface area contributed by atoms with E-state index in [9.17, 15) is 9.59 Å². The van der Waals surface area contributed by atoms with E-state index < -0.39 is 6.04 Å². The van der Waals surface area contributed by atoms with E-state index in [4.69, 9.17) is 9.47 Å². The van der Waals surface area contributed by atoms with Gasteiger partial charge in [0.25, 0.3) is 0 Å². The van der Waals surface area contributed by atoms with Gasteiger partial charge in [0.2, 0.25) is 11.8 Å². The Bertz CT molecular complexity index is 653. The van der Waals surface area contributed by atoms with Gasteiger partial charge in [0.05, 0.1) is 19.8 Å². The van der Waals surface area contributed by atoms with Crippen LogP contribution in [0.1, 0.15) is 32.1 Å². The van der Waals surface area contributed by atoms with Crippen LogP contribution in [0.3, 0.4) is 0 Å². The summed E-state index contributed by atoms with van der Waals surface area (Å²) in [6.45, 7) is 2.83. The highest BCUT2D eigenvalue weighted by Crippen LogP contribution is 2.31. The van der Waals surface area contributed by atoms with Crippen LogP contribution in [0.5, 0.6) is 5.75 Å². The first-order valence-corrected chi connectivity index (χ1v) is 10.1. The summed E-state index contributed by atoms with van der Waals surface area (Å²) in [7, 11) is 0. The number of ether oxygens (including phenoxy) is 2. The summed E-state index contributed by atoms with van der Waals surface area (Å²) in [5, 5.41) is 0. The van der Waals surface area contributed by atoms with Crippen LogP contribution in [0.4, 0.5) is 0 Å². The topological polar surface area (TPSA) is 59.1 Å². The third-order valence-corrected chi connectivity index (χ3v) is 5.90. The molecule has 0 radical (unpaired) electrons. The molecule has 2 amide bonds. The van der Waals surface area contributed by atoms with Gasteiger partial charge in [0.1, 0.15) is 17.9 Å². The lowest BCUT2D eigenvalue weighted by Gasteiger charge is -2.33. The number of hydrogen-bond donors (Lipinski definition) is 0. The van der Waals surface area contributed by atoms with Gasteiger partial charge in [-0.25, -0.2) is 0 Å². The zero-order valence-electron chi connectivity index (χ0n) is 15.7. The molecule has 146 valence electrons. The number of likely N-dealkylation sites (tertiary alicyclic amines) is 1. The van der Waals surface area contributed by atoms with Gasteiger partial charge in [0, 0.05) is 25.4 Å². The fraction of sp³-hybridized carbons (Fsp3) is 0.619. The second-order valence-corrected chi connectivity index (χ2v) is 7.71. The van der Waals surface area contributed by atoms with Crippen molar-refractivity contribution in [2.24, 2.45) is 5.92 Å². The van der Waals surface area contributed by atoms with E-state index in [2.05, 4.69) is 0 Å². The van der Waals surface area contributed by atoms with Gasteiger partial charge in [-0.2, -0.15) is 0 Å². The van der Waals surface area contributed by atoms with Gasteiger partial charge in [-0.05, 0) is 25.0 Å². The number of morpholine rings is 1. The second kappa shape index (κ2) is 8.30. The third-order valence-electron chi connectivity index (χ3n) is 5.90. The molecule has 0 unspecified atom stereocenters. The van der Waals surface area contributed by atoms with Gasteiger partial charge in [-0.15, -0.1) is 0 Å². The molecule has 27 heavy (non-hydrogen) atoms. The summed E-state index contributed by atoms with van der Waals surface area (Å²) in [5.74, 6) is 1.04. The molecule has 4 rings (SSSR count). The fourth-order valence-corrected chi connectivity index (χ4v) is 4.45. The minimum atomic E-state index is -0.412. The van der Waals surface area contributed by atoms with Gasteiger partial charge in [0.15, 0.2) is 0 Å². The smallest absolute Gasteiger partial charge is 0.245 e. The van der Waals surface area contributed by atoms with Crippen molar-refractivity contribution in [3.63, 3.8) is 0 Å². The third kappa shape index (κ3) is 4.10. The zero-order valence-corrected chi connectivity index (χ0v) is 15.7. The highest BCUT2D eigenvalue weighted by atomic mass is 16.5. The number of amides is 2. The number of para-hydroxylation sites is 1. The molecule has 6 heteroatoms. The van der Waals surface area contributed by atoms with Crippen LogP contribution in [-0.2, 0) is 14.3 Å². The van der Waals surface area contributed by atoms with Crippen molar-refractivity contribution in [2.45, 2.75) is 44.2 Å². The van der Waals surface area contributed by atoms with Crippen LogP contribution >= 0.6 is 0 Å². The SMILES string of the molecule is O=C([C@H]1C[C@H](Oc2ccccc2)CN1C(=O)C1CCCC1)N1CCOCC1. The monoisotopic (exact) mass is 372 g/mol. The summed E-state index contributed by atoms with van der Waals surface area (Å²) in [6.07, 6.45) is 4.51. The van der Waals surface area contributed by atoms with Crippen molar-refractivity contribution in [1.82, 2.24) is 9.80 Å². The number of carbonyl (C=O) groups excluding carboxylic acids is 2. The molecule has 0 aromatic heterocycles. The van der Waals surface area contributed by atoms with E-state index in [0.717, 1.165) is 31.4 Å². The van der Waals surface area contributed by atoms with E-state index in [-0.39, 0.29) is 23.8 Å². The van der Waals surface area contributed by atoms with Crippen molar-refractivity contribution < 1.29 is 19.1 Å². The Balaban J connectivity index is 1.49.